The first kappa shape index (κ1) is 17.3. The van der Waals surface area contributed by atoms with E-state index in [1.54, 1.807) is 0 Å². The van der Waals surface area contributed by atoms with Gasteiger partial charge in [0.1, 0.15) is 5.60 Å². The number of hydrogen-bond acceptors (Lipinski definition) is 3. The number of hydrogen-bond donors (Lipinski definition) is 0. The molecule has 1 saturated carbocycles. The van der Waals surface area contributed by atoms with Crippen molar-refractivity contribution in [2.24, 2.45) is 5.92 Å². The molecule has 1 aliphatic heterocycles. The van der Waals surface area contributed by atoms with Crippen LogP contribution < -0.4 is 0 Å². The molecule has 3 rings (SSSR count). The summed E-state index contributed by atoms with van der Waals surface area (Å²) in [6, 6.07) is 11.3. The predicted molar refractivity (Wildman–Crippen MR) is 95.8 cm³/mol. The quantitative estimate of drug-likeness (QED) is 0.842. The van der Waals surface area contributed by atoms with E-state index in [1.165, 1.54) is 18.4 Å². The average molecular weight is 330 g/mol. The molecule has 1 saturated heterocycles. The molecule has 4 nitrogen and oxygen atoms in total. The first-order valence-corrected chi connectivity index (χ1v) is 9.11. The highest BCUT2D eigenvalue weighted by atomic mass is 16.6. The summed E-state index contributed by atoms with van der Waals surface area (Å²) in [6.07, 6.45) is 2.40. The summed E-state index contributed by atoms with van der Waals surface area (Å²) in [5.41, 5.74) is 0.911. The van der Waals surface area contributed by atoms with Crippen LogP contribution in [-0.2, 0) is 11.3 Å². The van der Waals surface area contributed by atoms with E-state index in [2.05, 4.69) is 42.2 Å². The molecule has 0 bridgehead atoms. The number of benzene rings is 1. The zero-order chi connectivity index (χ0) is 17.3. The molecule has 2 atom stereocenters. The molecule has 4 heteroatoms. The van der Waals surface area contributed by atoms with Gasteiger partial charge in [-0.25, -0.2) is 4.79 Å². The highest BCUT2D eigenvalue weighted by molar-refractivity contribution is 5.68. The molecule has 0 spiro atoms. The summed E-state index contributed by atoms with van der Waals surface area (Å²) in [7, 11) is 0. The Hall–Kier alpha value is -1.55. The molecule has 1 aromatic carbocycles. The van der Waals surface area contributed by atoms with Crippen LogP contribution in [0.4, 0.5) is 4.79 Å². The number of nitrogens with zero attached hydrogens (tertiary/aromatic N) is 2. The Labute approximate surface area is 145 Å². The molecule has 0 N–H and O–H groups in total. The van der Waals surface area contributed by atoms with Crippen LogP contribution in [-0.4, -0.2) is 46.7 Å². The van der Waals surface area contributed by atoms with E-state index in [0.717, 1.165) is 25.6 Å². The molecule has 2 fully saturated rings. The van der Waals surface area contributed by atoms with Crippen LogP contribution in [0.5, 0.6) is 0 Å². The maximum absolute atomic E-state index is 12.6. The van der Waals surface area contributed by atoms with E-state index in [0.29, 0.717) is 6.04 Å². The maximum Gasteiger partial charge on any atom is 0.410 e. The lowest BCUT2D eigenvalue weighted by molar-refractivity contribution is -0.0181. The van der Waals surface area contributed by atoms with Gasteiger partial charge in [0.05, 0.1) is 0 Å². The Balaban J connectivity index is 1.70. The van der Waals surface area contributed by atoms with Gasteiger partial charge >= 0.3 is 6.09 Å². The highest BCUT2D eigenvalue weighted by Crippen LogP contribution is 2.38. The van der Waals surface area contributed by atoms with Gasteiger partial charge in [-0.05, 0) is 52.0 Å². The van der Waals surface area contributed by atoms with Crippen LogP contribution in [0, 0.1) is 5.92 Å². The average Bonchev–Trinajstić information content (AvgIpc) is 3.31. The van der Waals surface area contributed by atoms with E-state index in [9.17, 15) is 4.79 Å². The molecule has 132 valence electrons. The maximum atomic E-state index is 12.6. The molecular formula is C20H30N2O2. The number of amides is 1. The summed E-state index contributed by atoms with van der Waals surface area (Å²) >= 11 is 0. The first-order valence-electron chi connectivity index (χ1n) is 9.11. The van der Waals surface area contributed by atoms with E-state index >= 15 is 0 Å². The van der Waals surface area contributed by atoms with Gasteiger partial charge in [0.25, 0.3) is 0 Å². The normalized spacial score (nSPS) is 25.6. The van der Waals surface area contributed by atoms with Crippen LogP contribution in [0.3, 0.4) is 0 Å². The van der Waals surface area contributed by atoms with E-state index in [1.807, 2.05) is 25.7 Å². The third kappa shape index (κ3) is 4.29. The monoisotopic (exact) mass is 330 g/mol. The zero-order valence-corrected chi connectivity index (χ0v) is 15.4. The second kappa shape index (κ2) is 6.75. The fourth-order valence-electron chi connectivity index (χ4n) is 3.57. The van der Waals surface area contributed by atoms with E-state index in [4.69, 9.17) is 4.74 Å². The lowest BCUT2D eigenvalue weighted by atomic mass is 10.0. The lowest BCUT2D eigenvalue weighted by Crippen LogP contribution is -2.59. The second-order valence-electron chi connectivity index (χ2n) is 8.30. The number of ether oxygens (including phenoxy) is 1. The molecule has 1 heterocycles. The molecule has 24 heavy (non-hydrogen) atoms. The Morgan fingerprint density at radius 3 is 2.42 bits per heavy atom. The van der Waals surface area contributed by atoms with Gasteiger partial charge < -0.3 is 9.64 Å². The van der Waals surface area contributed by atoms with E-state index < -0.39 is 5.60 Å². The number of piperazine rings is 1. The minimum atomic E-state index is -0.437. The van der Waals surface area contributed by atoms with Gasteiger partial charge in [-0.1, -0.05) is 30.3 Å². The van der Waals surface area contributed by atoms with E-state index in [-0.39, 0.29) is 12.1 Å². The molecule has 0 radical (unpaired) electrons. The van der Waals surface area contributed by atoms with Crippen LogP contribution in [0.2, 0.25) is 0 Å². The van der Waals surface area contributed by atoms with Gasteiger partial charge in [-0.3, -0.25) is 4.90 Å². The summed E-state index contributed by atoms with van der Waals surface area (Å²) in [4.78, 5) is 17.1. The van der Waals surface area contributed by atoms with Crippen LogP contribution >= 0.6 is 0 Å². The Morgan fingerprint density at radius 2 is 1.83 bits per heavy atom. The Morgan fingerprint density at radius 1 is 1.17 bits per heavy atom. The SMILES string of the molecule is CC1CN(Cc2ccccc2)C(C2CC2)CN1C(=O)OC(C)(C)C. The fraction of sp³-hybridized carbons (Fsp3) is 0.650. The molecule has 2 aliphatic rings. The summed E-state index contributed by atoms with van der Waals surface area (Å²) in [5, 5.41) is 0. The summed E-state index contributed by atoms with van der Waals surface area (Å²) in [5.74, 6) is 0.728. The minimum Gasteiger partial charge on any atom is -0.444 e. The van der Waals surface area contributed by atoms with Crippen molar-refractivity contribution in [3.8, 4) is 0 Å². The smallest absolute Gasteiger partial charge is 0.410 e. The molecule has 0 aromatic heterocycles. The van der Waals surface area contributed by atoms with Crippen LogP contribution in [0.25, 0.3) is 0 Å². The van der Waals surface area contributed by atoms with Crippen molar-refractivity contribution in [1.29, 1.82) is 0 Å². The van der Waals surface area contributed by atoms with Crippen molar-refractivity contribution in [3.63, 3.8) is 0 Å². The molecular weight excluding hydrogens is 300 g/mol. The van der Waals surface area contributed by atoms with Gasteiger partial charge in [0.15, 0.2) is 0 Å². The van der Waals surface area contributed by atoms with Crippen molar-refractivity contribution in [2.75, 3.05) is 13.1 Å². The minimum absolute atomic E-state index is 0.167. The predicted octanol–water partition coefficient (Wildman–Crippen LogP) is 3.91. The van der Waals surface area contributed by atoms with Crippen molar-refractivity contribution >= 4 is 6.09 Å². The topological polar surface area (TPSA) is 32.8 Å². The van der Waals surface area contributed by atoms with Gasteiger partial charge in [0, 0.05) is 31.7 Å². The Kier molecular flexibility index (Phi) is 4.86. The standard InChI is InChI=1S/C20H30N2O2/c1-15-12-21(13-16-8-6-5-7-9-16)18(17-10-11-17)14-22(15)19(23)24-20(2,3)4/h5-9,15,17-18H,10-14H2,1-4H3. The molecule has 1 aliphatic carbocycles. The summed E-state index contributed by atoms with van der Waals surface area (Å²) < 4.78 is 5.62. The van der Waals surface area contributed by atoms with Gasteiger partial charge in [-0.2, -0.15) is 0 Å². The molecule has 1 amide bonds. The molecule has 2 unspecified atom stereocenters. The third-order valence-electron chi connectivity index (χ3n) is 4.91. The third-order valence-corrected chi connectivity index (χ3v) is 4.91. The van der Waals surface area contributed by atoms with Crippen LogP contribution in [0.1, 0.15) is 46.1 Å². The van der Waals surface area contributed by atoms with Crippen LogP contribution in [0.15, 0.2) is 30.3 Å². The Bertz CT molecular complexity index is 563. The van der Waals surface area contributed by atoms with Gasteiger partial charge in [0.2, 0.25) is 0 Å². The number of carbonyl (C=O) groups is 1. The van der Waals surface area contributed by atoms with Crippen molar-refractivity contribution in [1.82, 2.24) is 9.80 Å². The first-order chi connectivity index (χ1) is 11.3. The fourth-order valence-corrected chi connectivity index (χ4v) is 3.57. The van der Waals surface area contributed by atoms with Crippen molar-refractivity contribution < 1.29 is 9.53 Å². The number of carbonyl (C=O) groups excluding carboxylic acids is 1. The lowest BCUT2D eigenvalue weighted by Gasteiger charge is -2.45. The second-order valence-corrected chi connectivity index (χ2v) is 8.30. The zero-order valence-electron chi connectivity index (χ0n) is 15.4. The van der Waals surface area contributed by atoms with Crippen molar-refractivity contribution in [2.45, 2.75) is 64.8 Å². The molecule has 1 aromatic rings. The highest BCUT2D eigenvalue weighted by Gasteiger charge is 2.43. The van der Waals surface area contributed by atoms with Gasteiger partial charge in [-0.15, -0.1) is 0 Å². The largest absolute Gasteiger partial charge is 0.444 e. The van der Waals surface area contributed by atoms with Crippen molar-refractivity contribution in [3.05, 3.63) is 35.9 Å². The number of rotatable bonds is 3. The summed E-state index contributed by atoms with van der Waals surface area (Å²) in [6.45, 7) is 10.6.